The Morgan fingerprint density at radius 2 is 0.910 bits per heavy atom. The summed E-state index contributed by atoms with van der Waals surface area (Å²) in [4.78, 5) is 38.4. The summed E-state index contributed by atoms with van der Waals surface area (Å²) >= 11 is 3.73. The van der Waals surface area contributed by atoms with Crippen LogP contribution < -0.4 is 20.9 Å². The average molecular weight is 950 g/mol. The average Bonchev–Trinajstić information content (AvgIpc) is 3.34. The Morgan fingerprint density at radius 1 is 0.493 bits per heavy atom. The lowest BCUT2D eigenvalue weighted by Crippen LogP contribution is -2.45. The molecule has 10 nitrogen and oxygen atoms in total. The van der Waals surface area contributed by atoms with Gasteiger partial charge >= 0.3 is 0 Å². The first-order chi connectivity index (χ1) is 32.5. The Balaban J connectivity index is 0.000000168. The van der Waals surface area contributed by atoms with E-state index in [0.717, 1.165) is 86.4 Å². The number of nitrogens with zero attached hydrogens (tertiary/aromatic N) is 6. The van der Waals surface area contributed by atoms with Gasteiger partial charge in [-0.3, -0.25) is 18.7 Å². The third-order valence-electron chi connectivity index (χ3n) is 12.4. The fourth-order valence-corrected chi connectivity index (χ4v) is 10.0. The van der Waals surface area contributed by atoms with Crippen LogP contribution >= 0.6 is 15.9 Å². The van der Waals surface area contributed by atoms with E-state index < -0.39 is 0 Å². The van der Waals surface area contributed by atoms with Crippen LogP contribution in [-0.2, 0) is 9.47 Å². The van der Waals surface area contributed by atoms with Gasteiger partial charge in [-0.2, -0.15) is 0 Å². The summed E-state index contributed by atoms with van der Waals surface area (Å²) in [6.07, 6.45) is 4.42. The standard InChI is InChI=1S/C28H24BrN3O2.C28H25N3O2/c1-18-16-31(17-19(2)34-18)27-12-11-22(15-26(27)29)32-14-13-24-23(5-4-6-25(24)28(32)33)20-7-9-21(30-3)10-8-20;1-19-17-30(18-20(2)33-19)23-11-13-24(14-12-23)31-16-15-26-25(5-4-6-27(26)28(31)32)21-7-9-22(29-3)10-8-21/h4-15,18-19H,16-17H2,1-2H3;4-16,19-20H,17-18H2,1-2H3/t18-,19+;19-,20+. The molecule has 0 N–H and O–H groups in total. The van der Waals surface area contributed by atoms with E-state index in [1.54, 1.807) is 33.4 Å². The number of morpholine rings is 2. The monoisotopic (exact) mass is 948 g/mol. The number of hydrogen-bond donors (Lipinski definition) is 0. The van der Waals surface area contributed by atoms with Crippen LogP contribution in [-0.4, -0.2) is 59.7 Å². The second kappa shape index (κ2) is 19.3. The summed E-state index contributed by atoms with van der Waals surface area (Å²) in [6, 6.07) is 44.7. The molecule has 0 spiro atoms. The Bertz CT molecular complexity index is 3300. The fraction of sp³-hybridized carbons (Fsp3) is 0.214. The fourth-order valence-electron chi connectivity index (χ4n) is 9.39. The molecule has 0 radical (unpaired) electrons. The molecule has 2 aliphatic heterocycles. The molecule has 2 aliphatic rings. The van der Waals surface area contributed by atoms with E-state index in [1.165, 1.54) is 0 Å². The van der Waals surface area contributed by atoms with Crippen molar-refractivity contribution in [2.75, 3.05) is 36.0 Å². The Kier molecular flexibility index (Phi) is 12.9. The van der Waals surface area contributed by atoms with Crippen molar-refractivity contribution >= 4 is 60.2 Å². The van der Waals surface area contributed by atoms with Crippen LogP contribution in [0.5, 0.6) is 0 Å². The minimum Gasteiger partial charge on any atom is -0.372 e. The third-order valence-corrected chi connectivity index (χ3v) is 13.0. The van der Waals surface area contributed by atoms with E-state index in [4.69, 9.17) is 22.6 Å². The van der Waals surface area contributed by atoms with E-state index in [2.05, 4.69) is 81.3 Å². The van der Waals surface area contributed by atoms with Crippen molar-refractivity contribution in [1.82, 2.24) is 9.13 Å². The van der Waals surface area contributed by atoms with Gasteiger partial charge in [-0.15, -0.1) is 0 Å². The molecule has 4 heterocycles. The maximum atomic E-state index is 13.5. The van der Waals surface area contributed by atoms with Crippen LogP contribution in [0.2, 0.25) is 0 Å². The van der Waals surface area contributed by atoms with E-state index >= 15 is 0 Å². The van der Waals surface area contributed by atoms with Crippen molar-refractivity contribution in [3.8, 4) is 33.6 Å². The zero-order valence-corrected chi connectivity index (χ0v) is 39.4. The number of hydrogen-bond acceptors (Lipinski definition) is 6. The second-order valence-corrected chi connectivity index (χ2v) is 18.2. The predicted molar refractivity (Wildman–Crippen MR) is 275 cm³/mol. The lowest BCUT2D eigenvalue weighted by molar-refractivity contribution is -0.00550. The summed E-state index contributed by atoms with van der Waals surface area (Å²) in [5, 5.41) is 3.13. The molecule has 0 unspecified atom stereocenters. The minimum absolute atomic E-state index is 0.0477. The number of halogens is 1. The van der Waals surface area contributed by atoms with Crippen molar-refractivity contribution in [3.63, 3.8) is 0 Å². The molecular formula is C56H49BrN6O4. The minimum atomic E-state index is -0.0644. The molecule has 334 valence electrons. The van der Waals surface area contributed by atoms with Crippen LogP contribution in [0.25, 0.3) is 64.9 Å². The second-order valence-electron chi connectivity index (χ2n) is 17.3. The molecule has 0 amide bonds. The molecule has 2 fully saturated rings. The number of anilines is 2. The summed E-state index contributed by atoms with van der Waals surface area (Å²) < 4.78 is 16.0. The summed E-state index contributed by atoms with van der Waals surface area (Å²) in [5.74, 6) is 0. The summed E-state index contributed by atoms with van der Waals surface area (Å²) in [6.45, 7) is 26.1. The molecule has 4 atom stereocenters. The van der Waals surface area contributed by atoms with E-state index in [-0.39, 0.29) is 35.5 Å². The van der Waals surface area contributed by atoms with Crippen molar-refractivity contribution in [2.45, 2.75) is 52.1 Å². The van der Waals surface area contributed by atoms with E-state index in [9.17, 15) is 9.59 Å². The third kappa shape index (κ3) is 9.41. The van der Waals surface area contributed by atoms with Crippen molar-refractivity contribution in [3.05, 3.63) is 200 Å². The smallest absolute Gasteiger partial charge is 0.262 e. The highest BCUT2D eigenvalue weighted by atomic mass is 79.9. The Hall–Kier alpha value is -7.28. The van der Waals surface area contributed by atoms with Crippen LogP contribution in [0.4, 0.5) is 22.7 Å². The quantitative estimate of drug-likeness (QED) is 0.155. The van der Waals surface area contributed by atoms with Crippen LogP contribution in [0.1, 0.15) is 27.7 Å². The highest BCUT2D eigenvalue weighted by molar-refractivity contribution is 9.10. The van der Waals surface area contributed by atoms with Gasteiger partial charge in [0.1, 0.15) is 0 Å². The van der Waals surface area contributed by atoms with Gasteiger partial charge in [0.05, 0.1) is 43.2 Å². The highest BCUT2D eigenvalue weighted by Gasteiger charge is 2.25. The van der Waals surface area contributed by atoms with E-state index in [1.807, 2.05) is 109 Å². The topological polar surface area (TPSA) is 77.7 Å². The Labute approximate surface area is 398 Å². The number of rotatable bonds is 6. The molecular weight excluding hydrogens is 901 g/mol. The van der Waals surface area contributed by atoms with Crippen LogP contribution in [0.3, 0.4) is 0 Å². The van der Waals surface area contributed by atoms with E-state index in [0.29, 0.717) is 22.1 Å². The van der Waals surface area contributed by atoms with Crippen molar-refractivity contribution in [2.24, 2.45) is 0 Å². The molecule has 6 aromatic carbocycles. The number of ether oxygens (including phenoxy) is 2. The van der Waals surface area contributed by atoms with Crippen molar-refractivity contribution in [1.29, 1.82) is 0 Å². The van der Waals surface area contributed by atoms with Gasteiger partial charge < -0.3 is 19.3 Å². The van der Waals surface area contributed by atoms with Crippen molar-refractivity contribution < 1.29 is 9.47 Å². The highest BCUT2D eigenvalue weighted by Crippen LogP contribution is 2.33. The lowest BCUT2D eigenvalue weighted by atomic mass is 9.99. The summed E-state index contributed by atoms with van der Waals surface area (Å²) in [7, 11) is 0. The molecule has 0 aliphatic carbocycles. The number of aromatic nitrogens is 2. The normalized spacial score (nSPS) is 18.2. The zero-order valence-electron chi connectivity index (χ0n) is 37.8. The zero-order chi connectivity index (χ0) is 46.8. The first-order valence-electron chi connectivity index (χ1n) is 22.4. The molecule has 0 saturated carbocycles. The van der Waals surface area contributed by atoms with Gasteiger partial charge in [0.2, 0.25) is 0 Å². The molecule has 2 saturated heterocycles. The van der Waals surface area contributed by atoms with Gasteiger partial charge in [-0.1, -0.05) is 72.8 Å². The molecule has 2 aromatic heterocycles. The molecule has 11 heteroatoms. The Morgan fingerprint density at radius 3 is 1.36 bits per heavy atom. The summed E-state index contributed by atoms with van der Waals surface area (Å²) in [5.41, 5.74) is 8.91. The molecule has 8 aromatic rings. The van der Waals surface area contributed by atoms with Gasteiger partial charge in [-0.25, -0.2) is 9.69 Å². The maximum Gasteiger partial charge on any atom is 0.262 e. The SMILES string of the molecule is [C-]#[N+]c1ccc(-c2cccc3c(=O)n(-c4ccc(N5C[C@@H](C)O[C@@H](C)C5)c(Br)c4)ccc23)cc1.[C-]#[N+]c1ccc(-c2cccc3c(=O)n(-c4ccc(N5C[C@@H](C)O[C@@H](C)C5)cc4)ccc23)cc1. The van der Waals surface area contributed by atoms with Gasteiger partial charge in [0.15, 0.2) is 11.4 Å². The number of fused-ring (bicyclic) bond motifs is 2. The number of benzene rings is 6. The molecule has 67 heavy (non-hydrogen) atoms. The molecule has 10 rings (SSSR count). The van der Waals surface area contributed by atoms with Crippen LogP contribution in [0.15, 0.2) is 166 Å². The molecule has 0 bridgehead atoms. The maximum absolute atomic E-state index is 13.5. The van der Waals surface area contributed by atoms with Gasteiger partial charge in [0.25, 0.3) is 11.1 Å². The number of pyridine rings is 2. The first kappa shape index (κ1) is 44.9. The largest absolute Gasteiger partial charge is 0.372 e. The van der Waals surface area contributed by atoms with Gasteiger partial charge in [0, 0.05) is 70.9 Å². The predicted octanol–water partition coefficient (Wildman–Crippen LogP) is 12.4. The van der Waals surface area contributed by atoms with Crippen LogP contribution in [0, 0.1) is 13.1 Å². The lowest BCUT2D eigenvalue weighted by Gasteiger charge is -2.37. The first-order valence-corrected chi connectivity index (χ1v) is 23.2. The van der Waals surface area contributed by atoms with Gasteiger partial charge in [-0.05, 0) is 143 Å².